The molecule has 5 heteroatoms. The molecule has 0 radical (unpaired) electrons. The van der Waals surface area contributed by atoms with Crippen molar-refractivity contribution in [2.24, 2.45) is 10.4 Å². The van der Waals surface area contributed by atoms with E-state index in [9.17, 15) is 5.11 Å². The maximum atomic E-state index is 9.20. The summed E-state index contributed by atoms with van der Waals surface area (Å²) in [6.45, 7) is 7.10. The van der Waals surface area contributed by atoms with Gasteiger partial charge in [-0.05, 0) is 26.2 Å². The van der Waals surface area contributed by atoms with Crippen LogP contribution in [-0.4, -0.2) is 37.3 Å². The number of nitrogens with zero attached hydrogens (tertiary/aromatic N) is 1. The van der Waals surface area contributed by atoms with Crippen LogP contribution < -0.4 is 10.6 Å². The van der Waals surface area contributed by atoms with Gasteiger partial charge in [-0.2, -0.15) is 0 Å². The maximum Gasteiger partial charge on any atom is 0.191 e. The van der Waals surface area contributed by atoms with E-state index < -0.39 is 0 Å². The van der Waals surface area contributed by atoms with Crippen molar-refractivity contribution in [3.8, 4) is 0 Å². The summed E-state index contributed by atoms with van der Waals surface area (Å²) in [7, 11) is 0. The van der Waals surface area contributed by atoms with Gasteiger partial charge in [0.1, 0.15) is 0 Å². The predicted octanol–water partition coefficient (Wildman–Crippen LogP) is 1.73. The number of rotatable bonds is 7. The molecule has 0 aromatic rings. The van der Waals surface area contributed by atoms with Crippen molar-refractivity contribution in [2.75, 3.05) is 26.2 Å². The molecule has 1 saturated carbocycles. The fraction of sp³-hybridized carbons (Fsp3) is 0.917. The SMILES string of the molecule is CCCCNC(=NCC1(CO)CC1)NCC.I. The zero-order chi connectivity index (χ0) is 11.9. The van der Waals surface area contributed by atoms with Crippen LogP contribution in [0.2, 0.25) is 0 Å². The molecule has 1 fully saturated rings. The minimum absolute atomic E-state index is 0. The maximum absolute atomic E-state index is 9.20. The molecule has 0 saturated heterocycles. The minimum Gasteiger partial charge on any atom is -0.396 e. The van der Waals surface area contributed by atoms with Crippen molar-refractivity contribution < 1.29 is 5.11 Å². The van der Waals surface area contributed by atoms with E-state index in [1.165, 1.54) is 6.42 Å². The first-order valence-corrected chi connectivity index (χ1v) is 6.39. The zero-order valence-electron chi connectivity index (χ0n) is 11.0. The molecular weight excluding hydrogens is 329 g/mol. The minimum atomic E-state index is 0. The summed E-state index contributed by atoms with van der Waals surface area (Å²) in [5.74, 6) is 0.885. The molecule has 0 bridgehead atoms. The van der Waals surface area contributed by atoms with Crippen LogP contribution in [0.5, 0.6) is 0 Å². The molecule has 0 aliphatic heterocycles. The number of hydrogen-bond donors (Lipinski definition) is 3. The van der Waals surface area contributed by atoms with E-state index in [0.29, 0.717) is 0 Å². The number of aliphatic imine (C=N–C) groups is 1. The average molecular weight is 355 g/mol. The largest absolute Gasteiger partial charge is 0.396 e. The monoisotopic (exact) mass is 355 g/mol. The summed E-state index contributed by atoms with van der Waals surface area (Å²) >= 11 is 0. The molecule has 0 amide bonds. The quantitative estimate of drug-likeness (QED) is 0.282. The fourth-order valence-electron chi connectivity index (χ4n) is 1.52. The van der Waals surface area contributed by atoms with Crippen molar-refractivity contribution in [2.45, 2.75) is 39.5 Å². The Morgan fingerprint density at radius 3 is 2.47 bits per heavy atom. The van der Waals surface area contributed by atoms with Crippen LogP contribution in [0.4, 0.5) is 0 Å². The van der Waals surface area contributed by atoms with E-state index in [0.717, 1.165) is 44.9 Å². The lowest BCUT2D eigenvalue weighted by Crippen LogP contribution is -2.38. The number of nitrogens with one attached hydrogen (secondary N) is 2. The number of aliphatic hydroxyl groups excluding tert-OH is 1. The summed E-state index contributed by atoms with van der Waals surface area (Å²) in [6.07, 6.45) is 4.57. The second kappa shape index (κ2) is 8.97. The predicted molar refractivity (Wildman–Crippen MR) is 83.1 cm³/mol. The first-order chi connectivity index (χ1) is 7.76. The summed E-state index contributed by atoms with van der Waals surface area (Å²) in [6, 6.07) is 0. The molecule has 0 unspecified atom stereocenters. The lowest BCUT2D eigenvalue weighted by molar-refractivity contribution is 0.217. The van der Waals surface area contributed by atoms with Gasteiger partial charge in [0.2, 0.25) is 0 Å². The normalized spacial score (nSPS) is 17.2. The van der Waals surface area contributed by atoms with Crippen molar-refractivity contribution in [1.29, 1.82) is 0 Å². The number of halogens is 1. The summed E-state index contributed by atoms with van der Waals surface area (Å²) in [5, 5.41) is 15.7. The molecule has 4 nitrogen and oxygen atoms in total. The molecule has 0 aromatic carbocycles. The highest BCUT2D eigenvalue weighted by atomic mass is 127. The Morgan fingerprint density at radius 1 is 1.29 bits per heavy atom. The molecule has 1 aliphatic rings. The van der Waals surface area contributed by atoms with E-state index in [1.54, 1.807) is 0 Å². The highest BCUT2D eigenvalue weighted by molar-refractivity contribution is 14.0. The van der Waals surface area contributed by atoms with Gasteiger partial charge in [-0.1, -0.05) is 13.3 Å². The summed E-state index contributed by atoms with van der Waals surface area (Å²) in [4.78, 5) is 4.52. The van der Waals surface area contributed by atoms with Gasteiger partial charge in [0.15, 0.2) is 5.96 Å². The van der Waals surface area contributed by atoms with E-state index in [1.807, 2.05) is 0 Å². The van der Waals surface area contributed by atoms with Gasteiger partial charge < -0.3 is 15.7 Å². The van der Waals surface area contributed by atoms with E-state index in [2.05, 4.69) is 29.5 Å². The number of aliphatic hydroxyl groups is 1. The number of guanidine groups is 1. The Labute approximate surface area is 122 Å². The van der Waals surface area contributed by atoms with Gasteiger partial charge in [0, 0.05) is 18.5 Å². The molecule has 0 heterocycles. The molecule has 102 valence electrons. The molecule has 3 N–H and O–H groups in total. The van der Waals surface area contributed by atoms with Crippen LogP contribution >= 0.6 is 24.0 Å². The second-order valence-corrected chi connectivity index (χ2v) is 4.63. The average Bonchev–Trinajstić information content (AvgIpc) is 3.07. The second-order valence-electron chi connectivity index (χ2n) is 4.63. The lowest BCUT2D eigenvalue weighted by Gasteiger charge is -2.13. The van der Waals surface area contributed by atoms with Gasteiger partial charge in [-0.3, -0.25) is 4.99 Å². The van der Waals surface area contributed by atoms with Crippen molar-refractivity contribution in [1.82, 2.24) is 10.6 Å². The Balaban J connectivity index is 0.00000256. The van der Waals surface area contributed by atoms with Crippen molar-refractivity contribution in [3.05, 3.63) is 0 Å². The van der Waals surface area contributed by atoms with Crippen molar-refractivity contribution >= 4 is 29.9 Å². The Morgan fingerprint density at radius 2 is 2.00 bits per heavy atom. The van der Waals surface area contributed by atoms with Crippen molar-refractivity contribution in [3.63, 3.8) is 0 Å². The molecule has 0 atom stereocenters. The molecule has 0 spiro atoms. The topological polar surface area (TPSA) is 56.7 Å². The lowest BCUT2D eigenvalue weighted by atomic mass is 10.1. The summed E-state index contributed by atoms with van der Waals surface area (Å²) in [5.41, 5.74) is 0.104. The summed E-state index contributed by atoms with van der Waals surface area (Å²) < 4.78 is 0. The molecular formula is C12H26IN3O. The van der Waals surface area contributed by atoms with Gasteiger partial charge in [-0.25, -0.2) is 0 Å². The highest BCUT2D eigenvalue weighted by Crippen LogP contribution is 2.45. The third-order valence-electron chi connectivity index (χ3n) is 3.03. The fourth-order valence-corrected chi connectivity index (χ4v) is 1.52. The Kier molecular flexibility index (Phi) is 8.94. The van der Waals surface area contributed by atoms with Gasteiger partial charge in [-0.15, -0.1) is 24.0 Å². The third kappa shape index (κ3) is 6.45. The van der Waals surface area contributed by atoms with E-state index in [4.69, 9.17) is 0 Å². The zero-order valence-corrected chi connectivity index (χ0v) is 13.3. The van der Waals surface area contributed by atoms with Crippen LogP contribution in [0.15, 0.2) is 4.99 Å². The van der Waals surface area contributed by atoms with Crippen LogP contribution in [0.25, 0.3) is 0 Å². The molecule has 0 aromatic heterocycles. The number of unbranched alkanes of at least 4 members (excludes halogenated alkanes) is 1. The number of hydrogen-bond acceptors (Lipinski definition) is 2. The Hall–Kier alpha value is -0.0400. The molecule has 1 aliphatic carbocycles. The molecule has 1 rings (SSSR count). The van der Waals surface area contributed by atoms with Crippen LogP contribution in [0.1, 0.15) is 39.5 Å². The van der Waals surface area contributed by atoms with Crippen LogP contribution in [0, 0.1) is 5.41 Å². The van der Waals surface area contributed by atoms with Gasteiger partial charge in [0.05, 0.1) is 13.2 Å². The smallest absolute Gasteiger partial charge is 0.191 e. The highest BCUT2D eigenvalue weighted by Gasteiger charge is 2.41. The van der Waals surface area contributed by atoms with E-state index in [-0.39, 0.29) is 36.0 Å². The van der Waals surface area contributed by atoms with Gasteiger partial charge >= 0.3 is 0 Å². The third-order valence-corrected chi connectivity index (χ3v) is 3.03. The Bertz CT molecular complexity index is 230. The van der Waals surface area contributed by atoms with Crippen LogP contribution in [0.3, 0.4) is 0 Å². The van der Waals surface area contributed by atoms with E-state index >= 15 is 0 Å². The first-order valence-electron chi connectivity index (χ1n) is 6.39. The molecule has 17 heavy (non-hydrogen) atoms. The standard InChI is InChI=1S/C12H25N3O.HI/c1-3-5-8-14-11(13-4-2)15-9-12(10-16)6-7-12;/h16H,3-10H2,1-2H3,(H2,13,14,15);1H. The first kappa shape index (κ1) is 17.0. The van der Waals surface area contributed by atoms with Gasteiger partial charge in [0.25, 0.3) is 0 Å². The van der Waals surface area contributed by atoms with Crippen LogP contribution in [-0.2, 0) is 0 Å².